The maximum Gasteiger partial charge on any atom is 0.0780 e. The van der Waals surface area contributed by atoms with Crippen LogP contribution in [0, 0.1) is 0 Å². The summed E-state index contributed by atoms with van der Waals surface area (Å²) < 4.78 is 5.54. The summed E-state index contributed by atoms with van der Waals surface area (Å²) in [5.41, 5.74) is 1.18. The normalized spacial score (nSPS) is 21.9. The average molecular weight is 218 g/mol. The molecule has 0 fully saturated rings. The Hall–Kier alpha value is -1.12. The lowest BCUT2D eigenvalue weighted by molar-refractivity contribution is 0.0365. The first-order valence-electron chi connectivity index (χ1n) is 5.85. The molecular formula is C14H18O2. The Morgan fingerprint density at radius 1 is 1.31 bits per heavy atom. The van der Waals surface area contributed by atoms with E-state index >= 15 is 0 Å². The molecule has 0 radical (unpaired) electrons. The standard InChI is InChI=1S/C14H18O2/c15-13(10-12-6-2-1-3-7-12)11-14-8-4-5-9-16-14/h1-4,6-8,13-15H,5,9-11H2. The summed E-state index contributed by atoms with van der Waals surface area (Å²) in [5.74, 6) is 0. The lowest BCUT2D eigenvalue weighted by Crippen LogP contribution is -2.23. The van der Waals surface area contributed by atoms with Crippen LogP contribution in [0.4, 0.5) is 0 Å². The number of benzene rings is 1. The first kappa shape index (κ1) is 11.4. The van der Waals surface area contributed by atoms with Crippen molar-refractivity contribution in [3.8, 4) is 0 Å². The van der Waals surface area contributed by atoms with Crippen molar-refractivity contribution in [2.45, 2.75) is 31.5 Å². The summed E-state index contributed by atoms with van der Waals surface area (Å²) in [4.78, 5) is 0. The highest BCUT2D eigenvalue weighted by Gasteiger charge is 2.14. The highest BCUT2D eigenvalue weighted by molar-refractivity contribution is 5.15. The molecule has 0 saturated heterocycles. The third-order valence-corrected chi connectivity index (χ3v) is 2.79. The molecule has 0 saturated carbocycles. The summed E-state index contributed by atoms with van der Waals surface area (Å²) in [6, 6.07) is 10.1. The van der Waals surface area contributed by atoms with Gasteiger partial charge in [-0.1, -0.05) is 42.5 Å². The van der Waals surface area contributed by atoms with Crippen molar-refractivity contribution >= 4 is 0 Å². The predicted molar refractivity (Wildman–Crippen MR) is 64.3 cm³/mol. The van der Waals surface area contributed by atoms with Crippen molar-refractivity contribution in [1.82, 2.24) is 0 Å². The maximum atomic E-state index is 9.94. The first-order valence-corrected chi connectivity index (χ1v) is 5.85. The zero-order chi connectivity index (χ0) is 11.2. The summed E-state index contributed by atoms with van der Waals surface area (Å²) in [7, 11) is 0. The molecule has 1 aromatic carbocycles. The molecule has 1 aromatic rings. The Morgan fingerprint density at radius 3 is 2.81 bits per heavy atom. The Labute approximate surface area is 96.6 Å². The van der Waals surface area contributed by atoms with Crippen LogP contribution < -0.4 is 0 Å². The van der Waals surface area contributed by atoms with Crippen LogP contribution in [0.1, 0.15) is 18.4 Å². The van der Waals surface area contributed by atoms with Crippen molar-refractivity contribution in [1.29, 1.82) is 0 Å². The van der Waals surface area contributed by atoms with Gasteiger partial charge in [0.2, 0.25) is 0 Å². The van der Waals surface area contributed by atoms with E-state index in [1.165, 1.54) is 5.56 Å². The molecule has 0 aliphatic carbocycles. The number of rotatable bonds is 4. The zero-order valence-corrected chi connectivity index (χ0v) is 9.38. The Bertz CT molecular complexity index is 332. The fourth-order valence-electron chi connectivity index (χ4n) is 1.98. The van der Waals surface area contributed by atoms with E-state index in [0.717, 1.165) is 13.0 Å². The molecule has 1 N–H and O–H groups in total. The Morgan fingerprint density at radius 2 is 2.12 bits per heavy atom. The third-order valence-electron chi connectivity index (χ3n) is 2.79. The van der Waals surface area contributed by atoms with Gasteiger partial charge in [-0.25, -0.2) is 0 Å². The summed E-state index contributed by atoms with van der Waals surface area (Å²) in [5, 5.41) is 9.94. The van der Waals surface area contributed by atoms with Crippen LogP contribution in [0.3, 0.4) is 0 Å². The van der Waals surface area contributed by atoms with Crippen molar-refractivity contribution in [3.63, 3.8) is 0 Å². The summed E-state index contributed by atoms with van der Waals surface area (Å²) in [6.45, 7) is 0.777. The van der Waals surface area contributed by atoms with E-state index in [4.69, 9.17) is 4.74 Å². The highest BCUT2D eigenvalue weighted by atomic mass is 16.5. The first-order chi connectivity index (χ1) is 7.84. The van der Waals surface area contributed by atoms with E-state index < -0.39 is 0 Å². The molecule has 2 unspecified atom stereocenters. The van der Waals surface area contributed by atoms with E-state index in [0.29, 0.717) is 12.8 Å². The smallest absolute Gasteiger partial charge is 0.0780 e. The largest absolute Gasteiger partial charge is 0.393 e. The van der Waals surface area contributed by atoms with Crippen LogP contribution in [0.25, 0.3) is 0 Å². The second kappa shape index (κ2) is 5.83. The van der Waals surface area contributed by atoms with Gasteiger partial charge in [0.05, 0.1) is 18.8 Å². The predicted octanol–water partition coefficient (Wildman–Crippen LogP) is 2.33. The molecule has 0 amide bonds. The number of aliphatic hydroxyl groups excluding tert-OH is 1. The fourth-order valence-corrected chi connectivity index (χ4v) is 1.98. The minimum absolute atomic E-state index is 0.0902. The Kier molecular flexibility index (Phi) is 4.14. The molecule has 0 aromatic heterocycles. The van der Waals surface area contributed by atoms with Gasteiger partial charge >= 0.3 is 0 Å². The molecule has 0 spiro atoms. The van der Waals surface area contributed by atoms with Crippen molar-refractivity contribution in [2.75, 3.05) is 6.61 Å². The van der Waals surface area contributed by atoms with Gasteiger partial charge in [-0.05, 0) is 18.4 Å². The number of aliphatic hydroxyl groups is 1. The van der Waals surface area contributed by atoms with Crippen LogP contribution in [-0.4, -0.2) is 23.9 Å². The molecule has 1 aliphatic heterocycles. The Balaban J connectivity index is 1.82. The monoisotopic (exact) mass is 218 g/mol. The van der Waals surface area contributed by atoms with Gasteiger partial charge in [-0.15, -0.1) is 0 Å². The fraction of sp³-hybridized carbons (Fsp3) is 0.429. The quantitative estimate of drug-likeness (QED) is 0.786. The minimum atomic E-state index is -0.324. The van der Waals surface area contributed by atoms with Gasteiger partial charge < -0.3 is 9.84 Å². The molecule has 86 valence electrons. The molecule has 16 heavy (non-hydrogen) atoms. The molecule has 0 bridgehead atoms. The topological polar surface area (TPSA) is 29.5 Å². The van der Waals surface area contributed by atoms with Crippen molar-refractivity contribution < 1.29 is 9.84 Å². The molecule has 2 atom stereocenters. The summed E-state index contributed by atoms with van der Waals surface area (Å²) in [6.07, 6.45) is 6.33. The second-order valence-electron chi connectivity index (χ2n) is 4.21. The van der Waals surface area contributed by atoms with Crippen molar-refractivity contribution in [3.05, 3.63) is 48.0 Å². The van der Waals surface area contributed by atoms with Crippen molar-refractivity contribution in [2.24, 2.45) is 0 Å². The minimum Gasteiger partial charge on any atom is -0.393 e. The lowest BCUT2D eigenvalue weighted by Gasteiger charge is -2.20. The van der Waals surface area contributed by atoms with Crippen LogP contribution in [0.15, 0.2) is 42.5 Å². The molecule has 1 aliphatic rings. The van der Waals surface area contributed by atoms with Gasteiger partial charge in [0, 0.05) is 6.42 Å². The van der Waals surface area contributed by atoms with Gasteiger partial charge in [0.25, 0.3) is 0 Å². The van der Waals surface area contributed by atoms with E-state index in [9.17, 15) is 5.11 Å². The SMILES string of the molecule is OC(Cc1ccccc1)CC1C=CCCO1. The van der Waals surface area contributed by atoms with Crippen LogP contribution in [0.5, 0.6) is 0 Å². The maximum absolute atomic E-state index is 9.94. The average Bonchev–Trinajstić information content (AvgIpc) is 2.31. The molecule has 2 nitrogen and oxygen atoms in total. The zero-order valence-electron chi connectivity index (χ0n) is 9.38. The van der Waals surface area contributed by atoms with Gasteiger partial charge in [-0.3, -0.25) is 0 Å². The third kappa shape index (κ3) is 3.47. The lowest BCUT2D eigenvalue weighted by atomic mass is 10.0. The van der Waals surface area contributed by atoms with Gasteiger partial charge in [0.15, 0.2) is 0 Å². The summed E-state index contributed by atoms with van der Waals surface area (Å²) >= 11 is 0. The number of ether oxygens (including phenoxy) is 1. The number of hydrogen-bond acceptors (Lipinski definition) is 2. The highest BCUT2D eigenvalue weighted by Crippen LogP contribution is 2.13. The second-order valence-corrected chi connectivity index (χ2v) is 4.21. The van der Waals surface area contributed by atoms with Crippen LogP contribution in [0.2, 0.25) is 0 Å². The van der Waals surface area contributed by atoms with Crippen LogP contribution in [-0.2, 0) is 11.2 Å². The van der Waals surface area contributed by atoms with E-state index in [-0.39, 0.29) is 12.2 Å². The van der Waals surface area contributed by atoms with E-state index in [1.807, 2.05) is 30.3 Å². The molecule has 1 heterocycles. The van der Waals surface area contributed by atoms with Crippen LogP contribution >= 0.6 is 0 Å². The van der Waals surface area contributed by atoms with E-state index in [2.05, 4.69) is 12.2 Å². The molecule has 2 rings (SSSR count). The van der Waals surface area contributed by atoms with Gasteiger partial charge in [-0.2, -0.15) is 0 Å². The number of hydrogen-bond donors (Lipinski definition) is 1. The van der Waals surface area contributed by atoms with E-state index in [1.54, 1.807) is 0 Å². The molecule has 2 heteroatoms. The van der Waals surface area contributed by atoms with Gasteiger partial charge in [0.1, 0.15) is 0 Å². The molecular weight excluding hydrogens is 200 g/mol.